The van der Waals surface area contributed by atoms with Crippen LogP contribution in [0.2, 0.25) is 0 Å². The molecule has 0 radical (unpaired) electrons. The molecule has 1 heterocycles. The van der Waals surface area contributed by atoms with Gasteiger partial charge in [0, 0.05) is 18.5 Å². The molecule has 116 valence electrons. The first-order valence-electron chi connectivity index (χ1n) is 7.71. The van der Waals surface area contributed by atoms with Gasteiger partial charge in [-0.3, -0.25) is 4.79 Å². The fourth-order valence-corrected chi connectivity index (χ4v) is 4.27. The van der Waals surface area contributed by atoms with E-state index in [0.717, 1.165) is 25.0 Å². The highest BCUT2D eigenvalue weighted by Gasteiger charge is 2.41. The number of nitrogens with one attached hydrogen (secondary N) is 1. The highest BCUT2D eigenvalue weighted by Crippen LogP contribution is 2.50. The van der Waals surface area contributed by atoms with Crippen molar-refractivity contribution in [2.45, 2.75) is 44.6 Å². The van der Waals surface area contributed by atoms with Crippen molar-refractivity contribution in [3.8, 4) is 0 Å². The first-order valence-corrected chi connectivity index (χ1v) is 9.10. The van der Waals surface area contributed by atoms with Gasteiger partial charge in [0.1, 0.15) is 12.0 Å². The number of thioether (sulfide) groups is 1. The van der Waals surface area contributed by atoms with E-state index in [1.54, 1.807) is 0 Å². The minimum absolute atomic E-state index is 0.110. The molecule has 1 unspecified atom stereocenters. The number of carbonyl (C=O) groups excluding carboxylic acids is 1. The van der Waals surface area contributed by atoms with Gasteiger partial charge in [0.15, 0.2) is 0 Å². The molecule has 1 aromatic rings. The first-order chi connectivity index (χ1) is 10.2. The van der Waals surface area contributed by atoms with Gasteiger partial charge >= 0.3 is 0 Å². The average Bonchev–Trinajstić information content (AvgIpc) is 3.07. The number of fused-ring (bicyclic) bond motifs is 1. The topological polar surface area (TPSA) is 62.5 Å². The molecule has 3 rings (SSSR count). The van der Waals surface area contributed by atoms with Crippen LogP contribution in [0.4, 0.5) is 0 Å². The molecule has 1 amide bonds. The highest BCUT2D eigenvalue weighted by molar-refractivity contribution is 7.98. The Hall–Kier alpha value is -0.940. The second kappa shape index (κ2) is 6.05. The molecule has 0 saturated heterocycles. The average molecular weight is 309 g/mol. The van der Waals surface area contributed by atoms with E-state index in [0.29, 0.717) is 29.5 Å². The van der Waals surface area contributed by atoms with Crippen LogP contribution >= 0.6 is 11.8 Å². The predicted molar refractivity (Wildman–Crippen MR) is 83.6 cm³/mol. The number of aliphatic hydroxyl groups excluding tert-OH is 1. The van der Waals surface area contributed by atoms with Crippen LogP contribution in [-0.4, -0.2) is 29.6 Å². The van der Waals surface area contributed by atoms with E-state index >= 15 is 0 Å². The first kappa shape index (κ1) is 15.0. The molecule has 1 saturated carbocycles. The molecule has 0 aliphatic heterocycles. The summed E-state index contributed by atoms with van der Waals surface area (Å²) >= 11 is 1.89. The van der Waals surface area contributed by atoms with Gasteiger partial charge in [0.05, 0.1) is 11.7 Å². The number of hydrogen-bond acceptors (Lipinski definition) is 4. The number of amides is 1. The molecule has 0 spiro atoms. The molecule has 5 heteroatoms. The molecule has 2 aliphatic carbocycles. The van der Waals surface area contributed by atoms with Crippen LogP contribution in [0.5, 0.6) is 0 Å². The summed E-state index contributed by atoms with van der Waals surface area (Å²) in [4.78, 5) is 12.3. The van der Waals surface area contributed by atoms with Crippen molar-refractivity contribution in [3.05, 3.63) is 23.2 Å². The lowest BCUT2D eigenvalue weighted by Crippen LogP contribution is -2.28. The number of aliphatic hydroxyl groups is 1. The lowest BCUT2D eigenvalue weighted by atomic mass is 9.92. The Morgan fingerprint density at radius 3 is 3.10 bits per heavy atom. The van der Waals surface area contributed by atoms with Gasteiger partial charge in [-0.1, -0.05) is 0 Å². The minimum Gasteiger partial charge on any atom is -0.468 e. The summed E-state index contributed by atoms with van der Waals surface area (Å²) in [6.45, 7) is 0.704. The Bertz CT molecular complexity index is 522. The molecular formula is C16H23NO3S. The molecule has 21 heavy (non-hydrogen) atoms. The van der Waals surface area contributed by atoms with Crippen LogP contribution in [0.25, 0.3) is 0 Å². The molecule has 0 aromatic carbocycles. The Kier molecular flexibility index (Phi) is 4.31. The molecule has 4 nitrogen and oxygen atoms in total. The van der Waals surface area contributed by atoms with Crippen molar-refractivity contribution < 1.29 is 14.3 Å². The number of hydrogen-bond donors (Lipinski definition) is 2. The Morgan fingerprint density at radius 1 is 1.57 bits per heavy atom. The maximum absolute atomic E-state index is 12.3. The van der Waals surface area contributed by atoms with Crippen molar-refractivity contribution in [1.82, 2.24) is 5.32 Å². The summed E-state index contributed by atoms with van der Waals surface area (Å²) in [6.07, 6.45) is 9.13. The van der Waals surface area contributed by atoms with Gasteiger partial charge in [0.25, 0.3) is 5.91 Å². The zero-order valence-electron chi connectivity index (χ0n) is 12.5. The van der Waals surface area contributed by atoms with Crippen LogP contribution < -0.4 is 5.32 Å². The van der Waals surface area contributed by atoms with Gasteiger partial charge in [-0.25, -0.2) is 0 Å². The summed E-state index contributed by atoms with van der Waals surface area (Å²) in [5, 5.41) is 13.1. The zero-order chi connectivity index (χ0) is 14.9. The van der Waals surface area contributed by atoms with Crippen LogP contribution in [0, 0.1) is 5.41 Å². The third kappa shape index (κ3) is 3.14. The van der Waals surface area contributed by atoms with E-state index in [4.69, 9.17) is 4.42 Å². The van der Waals surface area contributed by atoms with Crippen LogP contribution in [-0.2, 0) is 6.42 Å². The summed E-state index contributed by atoms with van der Waals surface area (Å²) in [5.74, 6) is 1.85. The molecular weight excluding hydrogens is 286 g/mol. The quantitative estimate of drug-likeness (QED) is 0.848. The van der Waals surface area contributed by atoms with Crippen LogP contribution in [0.3, 0.4) is 0 Å². The van der Waals surface area contributed by atoms with E-state index in [9.17, 15) is 9.90 Å². The number of aryl methyl sites for hydroxylation is 1. The van der Waals surface area contributed by atoms with E-state index in [1.807, 2.05) is 11.8 Å². The Morgan fingerprint density at radius 2 is 2.38 bits per heavy atom. The SMILES string of the molecule is CSCC1(CCNC(=O)c2coc3c2C(O)CCC3)CC1. The maximum atomic E-state index is 12.3. The Labute approximate surface area is 129 Å². The van der Waals surface area contributed by atoms with Gasteiger partial charge in [-0.15, -0.1) is 0 Å². The fourth-order valence-electron chi connectivity index (χ4n) is 3.23. The van der Waals surface area contributed by atoms with Crippen molar-refractivity contribution in [1.29, 1.82) is 0 Å². The number of carbonyl (C=O) groups is 1. The highest BCUT2D eigenvalue weighted by atomic mass is 32.2. The Balaban J connectivity index is 1.58. The third-order valence-electron chi connectivity index (χ3n) is 4.72. The van der Waals surface area contributed by atoms with E-state index in [-0.39, 0.29) is 5.91 Å². The maximum Gasteiger partial charge on any atom is 0.254 e. The summed E-state index contributed by atoms with van der Waals surface area (Å²) in [5.41, 5.74) is 1.69. The molecule has 2 N–H and O–H groups in total. The molecule has 0 bridgehead atoms. The smallest absolute Gasteiger partial charge is 0.254 e. The molecule has 1 fully saturated rings. The van der Waals surface area contributed by atoms with Gasteiger partial charge in [-0.05, 0) is 49.5 Å². The van der Waals surface area contributed by atoms with Crippen LogP contribution in [0.15, 0.2) is 10.7 Å². The third-order valence-corrected chi connectivity index (χ3v) is 5.62. The molecule has 2 aliphatic rings. The molecule has 1 aromatic heterocycles. The van der Waals surface area contributed by atoms with E-state index in [1.165, 1.54) is 24.9 Å². The normalized spacial score (nSPS) is 22.7. The van der Waals surface area contributed by atoms with Gasteiger partial charge in [-0.2, -0.15) is 11.8 Å². The van der Waals surface area contributed by atoms with Crippen LogP contribution in [0.1, 0.15) is 59.9 Å². The van der Waals surface area contributed by atoms with Gasteiger partial charge in [0.2, 0.25) is 0 Å². The summed E-state index contributed by atoms with van der Waals surface area (Å²) in [6, 6.07) is 0. The lowest BCUT2D eigenvalue weighted by Gasteiger charge is -2.18. The largest absolute Gasteiger partial charge is 0.468 e. The van der Waals surface area contributed by atoms with E-state index in [2.05, 4.69) is 11.6 Å². The predicted octanol–water partition coefficient (Wildman–Crippen LogP) is 2.91. The van der Waals surface area contributed by atoms with Crippen molar-refractivity contribution >= 4 is 17.7 Å². The van der Waals surface area contributed by atoms with Crippen molar-refractivity contribution in [2.75, 3.05) is 18.6 Å². The zero-order valence-corrected chi connectivity index (χ0v) is 13.3. The summed E-state index contributed by atoms with van der Waals surface area (Å²) < 4.78 is 5.45. The minimum atomic E-state index is -0.556. The number of furan rings is 1. The standard InChI is InChI=1S/C16H23NO3S/c1-21-10-16(5-6-16)7-8-17-15(19)11-9-20-13-4-2-3-12(18)14(11)13/h9,12,18H,2-8,10H2,1H3,(H,17,19). The summed E-state index contributed by atoms with van der Waals surface area (Å²) in [7, 11) is 0. The fraction of sp³-hybridized carbons (Fsp3) is 0.688. The monoisotopic (exact) mass is 309 g/mol. The van der Waals surface area contributed by atoms with E-state index < -0.39 is 6.10 Å². The van der Waals surface area contributed by atoms with Gasteiger partial charge < -0.3 is 14.8 Å². The second-order valence-corrected chi connectivity index (χ2v) is 7.20. The second-order valence-electron chi connectivity index (χ2n) is 6.33. The number of rotatable bonds is 6. The van der Waals surface area contributed by atoms with Crippen molar-refractivity contribution in [2.24, 2.45) is 5.41 Å². The van der Waals surface area contributed by atoms with Crippen molar-refractivity contribution in [3.63, 3.8) is 0 Å². The lowest BCUT2D eigenvalue weighted by molar-refractivity contribution is 0.0941. The molecule has 1 atom stereocenters.